The van der Waals surface area contributed by atoms with E-state index in [9.17, 15) is 4.79 Å². The predicted octanol–water partition coefficient (Wildman–Crippen LogP) is 0.848. The van der Waals surface area contributed by atoms with E-state index in [1.165, 1.54) is 14.7 Å². The van der Waals surface area contributed by atoms with Crippen molar-refractivity contribution in [2.45, 2.75) is 0 Å². The Kier molecular flexibility index (Phi) is 4.13. The molecule has 3 aliphatic heterocycles. The number of ether oxygens (including phenoxy) is 2. The van der Waals surface area contributed by atoms with Gasteiger partial charge in [0.05, 0.1) is 0 Å². The van der Waals surface area contributed by atoms with Gasteiger partial charge in [-0.05, 0) is 0 Å². The minimum absolute atomic E-state index is 0.216. The van der Waals surface area contributed by atoms with Crippen LogP contribution >= 0.6 is 46.2 Å². The van der Waals surface area contributed by atoms with Crippen molar-refractivity contribution in [3.8, 4) is 0 Å². The van der Waals surface area contributed by atoms with Gasteiger partial charge in [0.15, 0.2) is 0 Å². The fourth-order valence-electron chi connectivity index (χ4n) is 1.61. The summed E-state index contributed by atoms with van der Waals surface area (Å²) in [7, 11) is 0. The van der Waals surface area contributed by atoms with E-state index in [1.807, 2.05) is 0 Å². The maximum absolute atomic E-state index is 12.2. The molecule has 0 amide bonds. The van der Waals surface area contributed by atoms with E-state index in [0.29, 0.717) is 43.1 Å². The predicted molar refractivity (Wildman–Crippen MR) is 89.3 cm³/mol. The fourth-order valence-corrected chi connectivity index (χ4v) is 12.4. The molecule has 3 nitrogen and oxygen atoms in total. The average molecular weight is 472 g/mol. The van der Waals surface area contributed by atoms with E-state index >= 15 is 0 Å². The normalized spacial score (nSPS) is 21.2. The third-order valence-corrected chi connectivity index (χ3v) is 14.2. The Hall–Kier alpha value is 0.409. The summed E-state index contributed by atoms with van der Waals surface area (Å²) in [5.74, 6) is 0. The van der Waals surface area contributed by atoms with Gasteiger partial charge in [0, 0.05) is 0 Å². The van der Waals surface area contributed by atoms with Crippen LogP contribution in [0.5, 0.6) is 0 Å². The molecule has 0 saturated carbocycles. The third-order valence-electron chi connectivity index (χ3n) is 2.41. The van der Waals surface area contributed by atoms with Crippen molar-refractivity contribution in [3.63, 3.8) is 0 Å². The topological polar surface area (TPSA) is 35.5 Å². The molecule has 0 unspecified atom stereocenters. The van der Waals surface area contributed by atoms with E-state index in [1.54, 1.807) is 34.9 Å². The first-order chi connectivity index (χ1) is 9.81. The molecule has 20 heavy (non-hydrogen) atoms. The molecule has 104 valence electrons. The molecule has 3 aliphatic rings. The van der Waals surface area contributed by atoms with Crippen LogP contribution in [0.15, 0.2) is 24.9 Å². The quantitative estimate of drug-likeness (QED) is 0.524. The van der Waals surface area contributed by atoms with Crippen molar-refractivity contribution in [2.75, 3.05) is 13.2 Å². The molecular formula is C11H6O3S4Se2. The van der Waals surface area contributed by atoms with Gasteiger partial charge in [0.25, 0.3) is 0 Å². The van der Waals surface area contributed by atoms with Crippen LogP contribution < -0.4 is 13.1 Å². The standard InChI is InChI=1S/C11H6O3S4Se2/c12-6-5(11-19-3-4-20-11)15-9(16-6)10-17-7-8(18-10)14-2-1-13-7/h3-4H,1-2H2. The number of rotatable bonds is 0. The molecule has 4 rings (SSSR count). The third kappa shape index (κ3) is 2.59. The van der Waals surface area contributed by atoms with E-state index in [-0.39, 0.29) is 4.74 Å². The summed E-state index contributed by atoms with van der Waals surface area (Å²) < 4.78 is 16.0. The molecule has 1 aromatic rings. The average Bonchev–Trinajstić information content (AvgIpc) is 3.16. The second-order valence-corrected chi connectivity index (χ2v) is 13.3. The summed E-state index contributed by atoms with van der Waals surface area (Å²) in [5.41, 5.74) is 0. The van der Waals surface area contributed by atoms with Crippen LogP contribution in [0.4, 0.5) is 0 Å². The molecule has 0 radical (unpaired) electrons. The first-order valence-corrected chi connectivity index (χ1v) is 12.5. The fraction of sp³-hybridized carbons (Fsp3) is 0.182. The van der Waals surface area contributed by atoms with Gasteiger partial charge >= 0.3 is 144 Å². The second-order valence-electron chi connectivity index (χ2n) is 3.67. The molecule has 0 bridgehead atoms. The Morgan fingerprint density at radius 2 is 1.65 bits per heavy atom. The van der Waals surface area contributed by atoms with E-state index in [0.717, 1.165) is 22.8 Å². The first kappa shape index (κ1) is 14.0. The summed E-state index contributed by atoms with van der Waals surface area (Å²) in [6.45, 7) is 1.22. The zero-order valence-electron chi connectivity index (χ0n) is 9.74. The molecule has 0 saturated heterocycles. The van der Waals surface area contributed by atoms with Crippen LogP contribution in [-0.4, -0.2) is 43.1 Å². The summed E-state index contributed by atoms with van der Waals surface area (Å²) >= 11 is 6.96. The Balaban J connectivity index is 1.78. The van der Waals surface area contributed by atoms with Gasteiger partial charge in [-0.3, -0.25) is 0 Å². The molecule has 1 aromatic heterocycles. The van der Waals surface area contributed by atoms with Gasteiger partial charge in [-0.1, -0.05) is 0 Å². The number of hydrogen-bond acceptors (Lipinski definition) is 7. The summed E-state index contributed by atoms with van der Waals surface area (Å²) in [6.07, 6.45) is 0. The van der Waals surface area contributed by atoms with Gasteiger partial charge in [0.1, 0.15) is 0 Å². The van der Waals surface area contributed by atoms with E-state index in [2.05, 4.69) is 9.95 Å². The van der Waals surface area contributed by atoms with Crippen LogP contribution in [0.3, 0.4) is 0 Å². The monoisotopic (exact) mass is 474 g/mol. The number of thioether (sulfide) groups is 2. The summed E-state index contributed by atoms with van der Waals surface area (Å²) in [4.78, 5) is 16.6. The molecule has 0 fully saturated rings. The molecule has 0 N–H and O–H groups in total. The van der Waals surface area contributed by atoms with Gasteiger partial charge in [-0.25, -0.2) is 0 Å². The van der Waals surface area contributed by atoms with Crippen molar-refractivity contribution in [3.05, 3.63) is 38.0 Å². The molecule has 0 atom stereocenters. The summed E-state index contributed by atoms with van der Waals surface area (Å²) in [5, 5.41) is 1.71. The number of hydrogen-bond donors (Lipinski definition) is 0. The van der Waals surface area contributed by atoms with Crippen LogP contribution in [0.1, 0.15) is 0 Å². The summed E-state index contributed by atoms with van der Waals surface area (Å²) in [6, 6.07) is 0. The van der Waals surface area contributed by atoms with Crippen LogP contribution in [0.25, 0.3) is 7.61 Å². The molecular weight excluding hydrogens is 466 g/mol. The van der Waals surface area contributed by atoms with E-state index < -0.39 is 0 Å². The molecule has 0 aliphatic carbocycles. The molecule has 4 heterocycles. The SMILES string of the molecule is O=c1sc(=C2SC3=C(OCCO3)S2)sc1=C1[Se]C=C[Se]1. The van der Waals surface area contributed by atoms with Gasteiger partial charge in [-0.2, -0.15) is 0 Å². The second kappa shape index (κ2) is 5.89. The Bertz CT molecular complexity index is 774. The van der Waals surface area contributed by atoms with Crippen molar-refractivity contribution >= 4 is 83.7 Å². The molecule has 0 spiro atoms. The zero-order chi connectivity index (χ0) is 13.5. The van der Waals surface area contributed by atoms with Crippen molar-refractivity contribution in [1.29, 1.82) is 0 Å². The van der Waals surface area contributed by atoms with Gasteiger partial charge in [0.2, 0.25) is 0 Å². The molecule has 0 aromatic carbocycles. The van der Waals surface area contributed by atoms with Crippen LogP contribution in [0, 0.1) is 0 Å². The van der Waals surface area contributed by atoms with Crippen LogP contribution in [0.2, 0.25) is 0 Å². The van der Waals surface area contributed by atoms with E-state index in [4.69, 9.17) is 9.47 Å². The van der Waals surface area contributed by atoms with Crippen molar-refractivity contribution in [1.82, 2.24) is 0 Å². The zero-order valence-corrected chi connectivity index (χ0v) is 16.4. The first-order valence-electron chi connectivity index (χ1n) is 5.54. The minimum atomic E-state index is 0.216. The van der Waals surface area contributed by atoms with Crippen molar-refractivity contribution in [2.24, 2.45) is 0 Å². The van der Waals surface area contributed by atoms with Gasteiger partial charge in [-0.15, -0.1) is 0 Å². The Labute approximate surface area is 143 Å². The Morgan fingerprint density at radius 1 is 1.00 bits per heavy atom. The van der Waals surface area contributed by atoms with Gasteiger partial charge < -0.3 is 0 Å². The van der Waals surface area contributed by atoms with Crippen LogP contribution in [-0.2, 0) is 9.47 Å². The Morgan fingerprint density at radius 3 is 2.30 bits per heavy atom. The molecule has 9 heteroatoms. The van der Waals surface area contributed by atoms with Crippen molar-refractivity contribution < 1.29 is 9.47 Å². The maximum atomic E-state index is 12.2.